The van der Waals surface area contributed by atoms with Gasteiger partial charge < -0.3 is 10.1 Å². The fourth-order valence-corrected chi connectivity index (χ4v) is 2.12. The Morgan fingerprint density at radius 3 is 2.74 bits per heavy atom. The van der Waals surface area contributed by atoms with Crippen LogP contribution < -0.4 is 5.32 Å². The normalized spacial score (nSPS) is 10.5. The molecule has 0 unspecified atom stereocenters. The molecule has 0 fully saturated rings. The molecule has 1 aromatic carbocycles. The lowest BCUT2D eigenvalue weighted by Crippen LogP contribution is -2.13. The van der Waals surface area contributed by atoms with Crippen LogP contribution >= 0.6 is 0 Å². The molecule has 23 heavy (non-hydrogen) atoms. The zero-order chi connectivity index (χ0) is 16.2. The lowest BCUT2D eigenvalue weighted by Gasteiger charge is -2.05. The molecular formula is C16H14N4O3. The Labute approximate surface area is 131 Å². The number of aromatic amines is 1. The van der Waals surface area contributed by atoms with Crippen LogP contribution in [0.1, 0.15) is 27.8 Å². The number of amides is 1. The Bertz CT molecular complexity index is 855. The minimum absolute atomic E-state index is 0.266. The average molecular weight is 310 g/mol. The summed E-state index contributed by atoms with van der Waals surface area (Å²) < 4.78 is 4.91. The highest BCUT2D eigenvalue weighted by Gasteiger charge is 2.14. The number of ether oxygens (including phenoxy) is 1. The van der Waals surface area contributed by atoms with Gasteiger partial charge in [0.2, 0.25) is 0 Å². The molecule has 0 spiro atoms. The highest BCUT2D eigenvalue weighted by atomic mass is 16.5. The van der Waals surface area contributed by atoms with Gasteiger partial charge in [-0.25, -0.2) is 4.79 Å². The van der Waals surface area contributed by atoms with Crippen LogP contribution in [-0.4, -0.2) is 33.7 Å². The molecular weight excluding hydrogens is 296 g/mol. The molecule has 0 saturated carbocycles. The fraction of sp³-hybridized carbons (Fsp3) is 0.125. The Hall–Kier alpha value is -3.22. The van der Waals surface area contributed by atoms with Crippen LogP contribution in [-0.2, 0) is 4.74 Å². The first-order valence-corrected chi connectivity index (χ1v) is 7.05. The maximum Gasteiger partial charge on any atom is 0.338 e. The molecule has 1 amide bonds. The van der Waals surface area contributed by atoms with Crippen LogP contribution in [0, 0.1) is 0 Å². The minimum Gasteiger partial charge on any atom is -0.462 e. The summed E-state index contributed by atoms with van der Waals surface area (Å²) in [7, 11) is 0. The summed E-state index contributed by atoms with van der Waals surface area (Å²) in [6.07, 6.45) is 3.20. The summed E-state index contributed by atoms with van der Waals surface area (Å²) in [5.41, 5.74) is 1.99. The zero-order valence-electron chi connectivity index (χ0n) is 12.4. The van der Waals surface area contributed by atoms with Crippen molar-refractivity contribution in [1.29, 1.82) is 0 Å². The monoisotopic (exact) mass is 310 g/mol. The van der Waals surface area contributed by atoms with Crippen molar-refractivity contribution < 1.29 is 14.3 Å². The maximum atomic E-state index is 12.3. The van der Waals surface area contributed by atoms with Gasteiger partial charge >= 0.3 is 5.97 Å². The van der Waals surface area contributed by atoms with E-state index in [-0.39, 0.29) is 11.6 Å². The Kier molecular flexibility index (Phi) is 4.01. The molecule has 2 heterocycles. The average Bonchev–Trinajstić information content (AvgIpc) is 3.00. The maximum absolute atomic E-state index is 12.3. The molecule has 0 radical (unpaired) electrons. The predicted octanol–water partition coefficient (Wildman–Crippen LogP) is 2.39. The largest absolute Gasteiger partial charge is 0.462 e. The van der Waals surface area contributed by atoms with E-state index in [0.717, 1.165) is 5.52 Å². The van der Waals surface area contributed by atoms with E-state index in [1.54, 1.807) is 49.6 Å². The van der Waals surface area contributed by atoms with Gasteiger partial charge in [-0.3, -0.25) is 14.9 Å². The van der Waals surface area contributed by atoms with Crippen LogP contribution in [0.25, 0.3) is 10.9 Å². The molecule has 116 valence electrons. The first-order valence-electron chi connectivity index (χ1n) is 7.05. The molecule has 7 heteroatoms. The lowest BCUT2D eigenvalue weighted by atomic mass is 10.2. The van der Waals surface area contributed by atoms with Crippen molar-refractivity contribution in [2.45, 2.75) is 6.92 Å². The highest BCUT2D eigenvalue weighted by Crippen LogP contribution is 2.16. The molecule has 2 aromatic heterocycles. The van der Waals surface area contributed by atoms with Crippen LogP contribution in [0.4, 0.5) is 5.69 Å². The van der Waals surface area contributed by atoms with Gasteiger partial charge in [0.25, 0.3) is 5.91 Å². The SMILES string of the molecule is CCOC(=O)c1ccc(NC(=O)c2n[nH]c3ccncc23)cc1. The molecule has 0 aliphatic carbocycles. The first-order chi connectivity index (χ1) is 11.2. The summed E-state index contributed by atoms with van der Waals surface area (Å²) in [5.74, 6) is -0.747. The number of aromatic nitrogens is 3. The molecule has 0 bridgehead atoms. The van der Waals surface area contributed by atoms with Gasteiger partial charge in [-0.15, -0.1) is 0 Å². The van der Waals surface area contributed by atoms with Crippen molar-refractivity contribution in [3.8, 4) is 0 Å². The molecule has 3 aromatic rings. The second kappa shape index (κ2) is 6.27. The quantitative estimate of drug-likeness (QED) is 0.721. The number of anilines is 1. The van der Waals surface area contributed by atoms with Gasteiger partial charge in [0.05, 0.1) is 23.1 Å². The Balaban J connectivity index is 1.76. The summed E-state index contributed by atoms with van der Waals surface area (Å²) in [5, 5.41) is 10.2. The fourth-order valence-electron chi connectivity index (χ4n) is 2.12. The number of pyridine rings is 1. The van der Waals surface area contributed by atoms with Crippen molar-refractivity contribution in [1.82, 2.24) is 15.2 Å². The number of H-pyrrole nitrogens is 1. The predicted molar refractivity (Wildman–Crippen MR) is 84.2 cm³/mol. The van der Waals surface area contributed by atoms with Gasteiger partial charge in [0.15, 0.2) is 5.69 Å². The number of esters is 1. The van der Waals surface area contributed by atoms with Gasteiger partial charge in [-0.1, -0.05) is 0 Å². The zero-order valence-corrected chi connectivity index (χ0v) is 12.4. The van der Waals surface area contributed by atoms with Crippen LogP contribution in [0.2, 0.25) is 0 Å². The topological polar surface area (TPSA) is 97.0 Å². The number of nitrogens with zero attached hydrogens (tertiary/aromatic N) is 2. The van der Waals surface area contributed by atoms with E-state index < -0.39 is 5.97 Å². The van der Waals surface area contributed by atoms with Gasteiger partial charge in [0, 0.05) is 18.1 Å². The number of hydrogen-bond donors (Lipinski definition) is 2. The molecule has 3 rings (SSSR count). The standard InChI is InChI=1S/C16H14N4O3/c1-2-23-16(22)10-3-5-11(6-4-10)18-15(21)14-12-9-17-8-7-13(12)19-20-14/h3-9H,2H2,1H3,(H,18,21)(H,19,20). The number of carbonyl (C=O) groups is 2. The van der Waals surface area contributed by atoms with Crippen molar-refractivity contribution in [3.05, 3.63) is 54.0 Å². The third-order valence-electron chi connectivity index (χ3n) is 3.23. The van der Waals surface area contributed by atoms with E-state index in [9.17, 15) is 9.59 Å². The number of benzene rings is 1. The number of nitrogens with one attached hydrogen (secondary N) is 2. The van der Waals surface area contributed by atoms with Crippen LogP contribution in [0.3, 0.4) is 0 Å². The third kappa shape index (κ3) is 3.03. The molecule has 7 nitrogen and oxygen atoms in total. The van der Waals surface area contributed by atoms with Crippen molar-refractivity contribution >= 4 is 28.5 Å². The summed E-state index contributed by atoms with van der Waals surface area (Å²) in [6.45, 7) is 2.06. The van der Waals surface area contributed by atoms with E-state index in [4.69, 9.17) is 4.74 Å². The van der Waals surface area contributed by atoms with E-state index in [2.05, 4.69) is 20.5 Å². The van der Waals surface area contributed by atoms with Crippen molar-refractivity contribution in [2.24, 2.45) is 0 Å². The van der Waals surface area contributed by atoms with Crippen molar-refractivity contribution in [3.63, 3.8) is 0 Å². The third-order valence-corrected chi connectivity index (χ3v) is 3.23. The summed E-state index contributed by atoms with van der Waals surface area (Å²) >= 11 is 0. The summed E-state index contributed by atoms with van der Waals surface area (Å²) in [4.78, 5) is 27.9. The Morgan fingerprint density at radius 2 is 2.00 bits per heavy atom. The van der Waals surface area contributed by atoms with Crippen molar-refractivity contribution in [2.75, 3.05) is 11.9 Å². The first kappa shape index (κ1) is 14.7. The van der Waals surface area contributed by atoms with Crippen LogP contribution in [0.5, 0.6) is 0 Å². The number of rotatable bonds is 4. The van der Waals surface area contributed by atoms with E-state index in [0.29, 0.717) is 23.2 Å². The van der Waals surface area contributed by atoms with Crippen LogP contribution in [0.15, 0.2) is 42.7 Å². The molecule has 0 saturated heterocycles. The number of fused-ring (bicyclic) bond motifs is 1. The number of carbonyl (C=O) groups excluding carboxylic acids is 2. The highest BCUT2D eigenvalue weighted by molar-refractivity contribution is 6.10. The van der Waals surface area contributed by atoms with E-state index >= 15 is 0 Å². The molecule has 0 atom stereocenters. The number of hydrogen-bond acceptors (Lipinski definition) is 5. The molecule has 2 N–H and O–H groups in total. The van der Waals surface area contributed by atoms with Gasteiger partial charge in [-0.05, 0) is 37.3 Å². The van der Waals surface area contributed by atoms with Gasteiger partial charge in [-0.2, -0.15) is 5.10 Å². The second-order valence-corrected chi connectivity index (χ2v) is 4.75. The lowest BCUT2D eigenvalue weighted by molar-refractivity contribution is 0.0526. The van der Waals surface area contributed by atoms with E-state index in [1.807, 2.05) is 0 Å². The van der Waals surface area contributed by atoms with Gasteiger partial charge in [0.1, 0.15) is 0 Å². The molecule has 0 aliphatic heterocycles. The summed E-state index contributed by atoms with van der Waals surface area (Å²) in [6, 6.07) is 8.21. The Morgan fingerprint density at radius 1 is 1.22 bits per heavy atom. The molecule has 0 aliphatic rings. The smallest absolute Gasteiger partial charge is 0.338 e. The second-order valence-electron chi connectivity index (χ2n) is 4.75. The van der Waals surface area contributed by atoms with E-state index in [1.165, 1.54) is 0 Å². The minimum atomic E-state index is -0.394.